The molecule has 1 fully saturated rings. The maximum Gasteiger partial charge on any atom is 0.248 e. The summed E-state index contributed by atoms with van der Waals surface area (Å²) in [5.74, 6) is 0.0697. The van der Waals surface area contributed by atoms with Crippen LogP contribution in [0.2, 0.25) is 0 Å². The van der Waals surface area contributed by atoms with Crippen molar-refractivity contribution in [2.24, 2.45) is 0 Å². The molecule has 1 heterocycles. The Morgan fingerprint density at radius 3 is 2.59 bits per heavy atom. The van der Waals surface area contributed by atoms with Crippen molar-refractivity contribution < 1.29 is 19.0 Å². The number of rotatable bonds is 7. The third-order valence-corrected chi connectivity index (χ3v) is 2.85. The van der Waals surface area contributed by atoms with E-state index in [1.54, 1.807) is 7.11 Å². The maximum atomic E-state index is 11.5. The quantitative estimate of drug-likeness (QED) is 0.619. The fourth-order valence-corrected chi connectivity index (χ4v) is 1.90. The Bertz CT molecular complexity index is 215. The molecule has 0 saturated carbocycles. The van der Waals surface area contributed by atoms with Crippen molar-refractivity contribution in [3.8, 4) is 0 Å². The molecule has 0 unspecified atom stereocenters. The fraction of sp³-hybridized carbons (Fsp3) is 0.917. The summed E-state index contributed by atoms with van der Waals surface area (Å²) < 4.78 is 15.7. The number of carbonyl (C=O) groups excluding carboxylic acids is 1. The van der Waals surface area contributed by atoms with E-state index in [-0.39, 0.29) is 18.6 Å². The molecule has 1 aliphatic heterocycles. The number of piperidine rings is 1. The molecule has 0 aromatic heterocycles. The second kappa shape index (κ2) is 8.44. The predicted molar refractivity (Wildman–Crippen MR) is 63.9 cm³/mol. The zero-order chi connectivity index (χ0) is 12.5. The van der Waals surface area contributed by atoms with Gasteiger partial charge in [-0.3, -0.25) is 4.79 Å². The summed E-state index contributed by atoms with van der Waals surface area (Å²) in [6, 6.07) is 0. The average Bonchev–Trinajstić information content (AvgIpc) is 2.36. The second-order valence-corrected chi connectivity index (χ2v) is 4.08. The van der Waals surface area contributed by atoms with Gasteiger partial charge in [-0.15, -0.1) is 0 Å². The van der Waals surface area contributed by atoms with Gasteiger partial charge in [-0.1, -0.05) is 0 Å². The van der Waals surface area contributed by atoms with E-state index >= 15 is 0 Å². The summed E-state index contributed by atoms with van der Waals surface area (Å²) in [5, 5.41) is 0. The number of hydrogen-bond acceptors (Lipinski definition) is 4. The van der Waals surface area contributed by atoms with Crippen LogP contribution in [0.1, 0.15) is 19.8 Å². The highest BCUT2D eigenvalue weighted by atomic mass is 16.5. The highest BCUT2D eigenvalue weighted by molar-refractivity contribution is 5.77. The molecule has 0 bridgehead atoms. The zero-order valence-electron chi connectivity index (χ0n) is 10.8. The number of likely N-dealkylation sites (tertiary alicyclic amines) is 1. The van der Waals surface area contributed by atoms with Gasteiger partial charge in [0.15, 0.2) is 0 Å². The number of methoxy groups -OCH3 is 1. The fourth-order valence-electron chi connectivity index (χ4n) is 1.90. The minimum absolute atomic E-state index is 0.0697. The van der Waals surface area contributed by atoms with E-state index in [0.717, 1.165) is 32.5 Å². The molecule has 0 spiro atoms. The Labute approximate surface area is 103 Å². The number of nitrogens with zero attached hydrogens (tertiary/aromatic N) is 1. The molecule has 1 aliphatic rings. The molecular weight excluding hydrogens is 222 g/mol. The Kier molecular flexibility index (Phi) is 7.16. The van der Waals surface area contributed by atoms with Crippen molar-refractivity contribution in [2.75, 3.05) is 46.6 Å². The maximum absolute atomic E-state index is 11.5. The molecule has 1 rings (SSSR count). The molecule has 0 atom stereocenters. The highest BCUT2D eigenvalue weighted by Crippen LogP contribution is 2.13. The molecule has 0 aliphatic carbocycles. The van der Waals surface area contributed by atoms with Crippen molar-refractivity contribution in [2.45, 2.75) is 25.9 Å². The van der Waals surface area contributed by atoms with Gasteiger partial charge in [0.2, 0.25) is 5.91 Å². The van der Waals surface area contributed by atoms with Gasteiger partial charge in [-0.25, -0.2) is 0 Å². The summed E-state index contributed by atoms with van der Waals surface area (Å²) in [5.41, 5.74) is 0. The summed E-state index contributed by atoms with van der Waals surface area (Å²) in [6.07, 6.45) is 2.07. The van der Waals surface area contributed by atoms with E-state index in [1.165, 1.54) is 0 Å². The van der Waals surface area contributed by atoms with Crippen LogP contribution in [-0.4, -0.2) is 63.5 Å². The molecular formula is C12H23NO4. The Morgan fingerprint density at radius 2 is 2.00 bits per heavy atom. The second-order valence-electron chi connectivity index (χ2n) is 4.08. The lowest BCUT2D eigenvalue weighted by atomic mass is 10.1. The lowest BCUT2D eigenvalue weighted by Gasteiger charge is -2.31. The van der Waals surface area contributed by atoms with Crippen LogP contribution in [0.15, 0.2) is 0 Å². The van der Waals surface area contributed by atoms with Crippen LogP contribution in [0.4, 0.5) is 0 Å². The molecule has 1 saturated heterocycles. The van der Waals surface area contributed by atoms with Crippen LogP contribution in [0.25, 0.3) is 0 Å². The molecule has 100 valence electrons. The van der Waals surface area contributed by atoms with Crippen molar-refractivity contribution in [3.05, 3.63) is 0 Å². The van der Waals surface area contributed by atoms with E-state index in [0.29, 0.717) is 13.2 Å². The summed E-state index contributed by atoms with van der Waals surface area (Å²) >= 11 is 0. The molecule has 5 nitrogen and oxygen atoms in total. The van der Waals surface area contributed by atoms with E-state index in [9.17, 15) is 4.79 Å². The summed E-state index contributed by atoms with van der Waals surface area (Å²) in [7, 11) is 1.54. The SMILES string of the molecule is CCOCCOC1CCN(C(=O)COC)CC1. The zero-order valence-corrected chi connectivity index (χ0v) is 10.8. The molecule has 0 radical (unpaired) electrons. The molecule has 0 aromatic rings. The van der Waals surface area contributed by atoms with Gasteiger partial charge in [-0.2, -0.15) is 0 Å². The van der Waals surface area contributed by atoms with Gasteiger partial charge in [-0.05, 0) is 19.8 Å². The number of amides is 1. The first-order valence-corrected chi connectivity index (χ1v) is 6.24. The average molecular weight is 245 g/mol. The van der Waals surface area contributed by atoms with E-state index in [2.05, 4.69) is 0 Å². The minimum Gasteiger partial charge on any atom is -0.379 e. The highest BCUT2D eigenvalue weighted by Gasteiger charge is 2.22. The predicted octanol–water partition coefficient (Wildman–Crippen LogP) is 0.677. The molecule has 5 heteroatoms. The number of ether oxygens (including phenoxy) is 3. The number of carbonyl (C=O) groups is 1. The molecule has 1 amide bonds. The third-order valence-electron chi connectivity index (χ3n) is 2.85. The van der Waals surface area contributed by atoms with E-state index in [1.807, 2.05) is 11.8 Å². The number of hydrogen-bond donors (Lipinski definition) is 0. The van der Waals surface area contributed by atoms with Crippen molar-refractivity contribution >= 4 is 5.91 Å². The van der Waals surface area contributed by atoms with E-state index in [4.69, 9.17) is 14.2 Å². The van der Waals surface area contributed by atoms with Crippen molar-refractivity contribution in [1.82, 2.24) is 4.90 Å². The molecule has 17 heavy (non-hydrogen) atoms. The van der Waals surface area contributed by atoms with E-state index < -0.39 is 0 Å². The van der Waals surface area contributed by atoms with Crippen LogP contribution < -0.4 is 0 Å². The Balaban J connectivity index is 2.11. The first-order chi connectivity index (χ1) is 8.27. The van der Waals surface area contributed by atoms with Gasteiger partial charge in [0.25, 0.3) is 0 Å². The topological polar surface area (TPSA) is 48.0 Å². The minimum atomic E-state index is 0.0697. The van der Waals surface area contributed by atoms with Gasteiger partial charge in [0, 0.05) is 26.8 Å². The lowest BCUT2D eigenvalue weighted by Crippen LogP contribution is -2.42. The first-order valence-electron chi connectivity index (χ1n) is 6.24. The smallest absolute Gasteiger partial charge is 0.248 e. The monoisotopic (exact) mass is 245 g/mol. The van der Waals surface area contributed by atoms with Gasteiger partial charge < -0.3 is 19.1 Å². The van der Waals surface area contributed by atoms with Crippen LogP contribution in [0, 0.1) is 0 Å². The lowest BCUT2D eigenvalue weighted by molar-refractivity contribution is -0.137. The summed E-state index contributed by atoms with van der Waals surface area (Å²) in [6.45, 7) is 5.70. The van der Waals surface area contributed by atoms with Crippen LogP contribution in [-0.2, 0) is 19.0 Å². The van der Waals surface area contributed by atoms with Crippen LogP contribution >= 0.6 is 0 Å². The normalized spacial score (nSPS) is 17.4. The van der Waals surface area contributed by atoms with Crippen LogP contribution in [0.3, 0.4) is 0 Å². The first kappa shape index (κ1) is 14.4. The third kappa shape index (κ3) is 5.48. The van der Waals surface area contributed by atoms with Crippen molar-refractivity contribution in [3.63, 3.8) is 0 Å². The Hall–Kier alpha value is -0.650. The van der Waals surface area contributed by atoms with Gasteiger partial charge >= 0.3 is 0 Å². The van der Waals surface area contributed by atoms with Crippen molar-refractivity contribution in [1.29, 1.82) is 0 Å². The summed E-state index contributed by atoms with van der Waals surface area (Å²) in [4.78, 5) is 13.4. The standard InChI is InChI=1S/C12H23NO4/c1-3-16-8-9-17-11-4-6-13(7-5-11)12(14)10-15-2/h11H,3-10H2,1-2H3. The molecule has 0 aromatic carbocycles. The van der Waals surface area contributed by atoms with Gasteiger partial charge in [0.05, 0.1) is 19.3 Å². The largest absolute Gasteiger partial charge is 0.379 e. The Morgan fingerprint density at radius 1 is 1.29 bits per heavy atom. The molecule has 0 N–H and O–H groups in total. The van der Waals surface area contributed by atoms with Gasteiger partial charge in [0.1, 0.15) is 6.61 Å². The van der Waals surface area contributed by atoms with Crippen LogP contribution in [0.5, 0.6) is 0 Å².